The van der Waals surface area contributed by atoms with Crippen LogP contribution in [0.2, 0.25) is 0 Å². The lowest BCUT2D eigenvalue weighted by Gasteiger charge is -2.18. The summed E-state index contributed by atoms with van der Waals surface area (Å²) in [5, 5.41) is 2.95. The van der Waals surface area contributed by atoms with Gasteiger partial charge in [-0.15, -0.1) is 0 Å². The van der Waals surface area contributed by atoms with Crippen LogP contribution in [0.15, 0.2) is 30.3 Å². The number of amides is 2. The van der Waals surface area contributed by atoms with E-state index in [1.807, 2.05) is 18.2 Å². The largest absolute Gasteiger partial charge is 0.338 e. The molecule has 17 heavy (non-hydrogen) atoms. The Hall–Kier alpha value is -1.55. The van der Waals surface area contributed by atoms with Crippen LogP contribution in [0.5, 0.6) is 0 Å². The predicted molar refractivity (Wildman–Crippen MR) is 65.3 cm³/mol. The van der Waals surface area contributed by atoms with Gasteiger partial charge >= 0.3 is 6.03 Å². The van der Waals surface area contributed by atoms with Gasteiger partial charge in [-0.25, -0.2) is 10.3 Å². The Kier molecular flexibility index (Phi) is 3.98. The number of carbonyl (C=O) groups excluding carboxylic acids is 1. The SMILES string of the molecule is CONC(=O)NC(Cc1ccccc1)C1CC1. The summed E-state index contributed by atoms with van der Waals surface area (Å²) < 4.78 is 0. The fourth-order valence-electron chi connectivity index (χ4n) is 1.99. The van der Waals surface area contributed by atoms with E-state index in [2.05, 4.69) is 27.8 Å². The second-order valence-corrected chi connectivity index (χ2v) is 4.41. The normalized spacial score (nSPS) is 16.3. The van der Waals surface area contributed by atoms with Gasteiger partial charge in [0.15, 0.2) is 0 Å². The van der Waals surface area contributed by atoms with E-state index >= 15 is 0 Å². The lowest BCUT2D eigenvalue weighted by Crippen LogP contribution is -2.43. The molecule has 1 aliphatic carbocycles. The van der Waals surface area contributed by atoms with Crippen molar-refractivity contribution in [2.75, 3.05) is 7.11 Å². The summed E-state index contributed by atoms with van der Waals surface area (Å²) in [6.07, 6.45) is 3.28. The van der Waals surface area contributed by atoms with Crippen molar-refractivity contribution in [1.29, 1.82) is 0 Å². The molecule has 2 rings (SSSR count). The molecule has 1 atom stereocenters. The highest BCUT2D eigenvalue weighted by molar-refractivity contribution is 5.73. The molecule has 0 radical (unpaired) electrons. The van der Waals surface area contributed by atoms with E-state index in [0.717, 1.165) is 6.42 Å². The molecule has 1 aliphatic rings. The smallest absolute Gasteiger partial charge is 0.333 e. The van der Waals surface area contributed by atoms with Crippen molar-refractivity contribution in [2.24, 2.45) is 5.92 Å². The average molecular weight is 234 g/mol. The van der Waals surface area contributed by atoms with Gasteiger partial charge in [0.2, 0.25) is 0 Å². The molecular weight excluding hydrogens is 216 g/mol. The molecule has 1 aromatic carbocycles. The summed E-state index contributed by atoms with van der Waals surface area (Å²) in [5.41, 5.74) is 3.55. The molecule has 1 fully saturated rings. The molecule has 2 N–H and O–H groups in total. The molecule has 0 spiro atoms. The summed E-state index contributed by atoms with van der Waals surface area (Å²) in [7, 11) is 1.43. The molecule has 4 nitrogen and oxygen atoms in total. The van der Waals surface area contributed by atoms with Crippen LogP contribution in [-0.2, 0) is 11.3 Å². The lowest BCUT2D eigenvalue weighted by atomic mass is 10.0. The Bertz CT molecular complexity index is 363. The molecular formula is C13H18N2O2. The van der Waals surface area contributed by atoms with Gasteiger partial charge in [-0.2, -0.15) is 0 Å². The first-order valence-corrected chi connectivity index (χ1v) is 5.93. The highest BCUT2D eigenvalue weighted by Gasteiger charge is 2.32. The quantitative estimate of drug-likeness (QED) is 0.764. The topological polar surface area (TPSA) is 50.4 Å². The Morgan fingerprint density at radius 2 is 2.12 bits per heavy atom. The summed E-state index contributed by atoms with van der Waals surface area (Å²) in [5.74, 6) is 0.609. The average Bonchev–Trinajstić information content (AvgIpc) is 3.14. The number of benzene rings is 1. The molecule has 1 unspecified atom stereocenters. The number of hydrogen-bond acceptors (Lipinski definition) is 2. The minimum atomic E-state index is -0.264. The van der Waals surface area contributed by atoms with Crippen molar-refractivity contribution in [2.45, 2.75) is 25.3 Å². The summed E-state index contributed by atoms with van der Waals surface area (Å²) in [6, 6.07) is 10.2. The van der Waals surface area contributed by atoms with Gasteiger partial charge in [0.25, 0.3) is 0 Å². The van der Waals surface area contributed by atoms with Crippen LogP contribution in [0.3, 0.4) is 0 Å². The van der Waals surface area contributed by atoms with E-state index in [0.29, 0.717) is 5.92 Å². The highest BCUT2D eigenvalue weighted by atomic mass is 16.6. The second kappa shape index (κ2) is 5.68. The van der Waals surface area contributed by atoms with Gasteiger partial charge in [-0.1, -0.05) is 30.3 Å². The Morgan fingerprint density at radius 3 is 2.71 bits per heavy atom. The van der Waals surface area contributed by atoms with Crippen LogP contribution in [0, 0.1) is 5.92 Å². The summed E-state index contributed by atoms with van der Waals surface area (Å²) >= 11 is 0. The molecule has 0 aliphatic heterocycles. The van der Waals surface area contributed by atoms with Gasteiger partial charge in [-0.05, 0) is 30.7 Å². The van der Waals surface area contributed by atoms with Gasteiger partial charge < -0.3 is 5.32 Å². The summed E-state index contributed by atoms with van der Waals surface area (Å²) in [6.45, 7) is 0. The maximum absolute atomic E-state index is 11.4. The first-order valence-electron chi connectivity index (χ1n) is 5.93. The molecule has 0 aromatic heterocycles. The van der Waals surface area contributed by atoms with Crippen molar-refractivity contribution in [3.8, 4) is 0 Å². The van der Waals surface area contributed by atoms with E-state index in [1.165, 1.54) is 25.5 Å². The fraction of sp³-hybridized carbons (Fsp3) is 0.462. The van der Waals surface area contributed by atoms with E-state index < -0.39 is 0 Å². The van der Waals surface area contributed by atoms with Gasteiger partial charge in [-0.3, -0.25) is 4.84 Å². The van der Waals surface area contributed by atoms with Crippen molar-refractivity contribution in [3.05, 3.63) is 35.9 Å². The zero-order chi connectivity index (χ0) is 12.1. The fourth-order valence-corrected chi connectivity index (χ4v) is 1.99. The highest BCUT2D eigenvalue weighted by Crippen LogP contribution is 2.34. The molecule has 4 heteroatoms. The van der Waals surface area contributed by atoms with Crippen molar-refractivity contribution >= 4 is 6.03 Å². The third-order valence-electron chi connectivity index (χ3n) is 3.00. The molecule has 2 amide bonds. The third-order valence-corrected chi connectivity index (χ3v) is 3.00. The number of rotatable bonds is 5. The van der Waals surface area contributed by atoms with Crippen LogP contribution >= 0.6 is 0 Å². The minimum Gasteiger partial charge on any atom is -0.333 e. The number of nitrogens with one attached hydrogen (secondary N) is 2. The zero-order valence-electron chi connectivity index (χ0n) is 9.98. The lowest BCUT2D eigenvalue weighted by molar-refractivity contribution is 0.105. The molecule has 1 saturated carbocycles. The summed E-state index contributed by atoms with van der Waals surface area (Å²) in [4.78, 5) is 16.0. The molecule has 0 saturated heterocycles. The van der Waals surface area contributed by atoms with Crippen LogP contribution in [0.25, 0.3) is 0 Å². The third kappa shape index (κ3) is 3.75. The molecule has 1 aromatic rings. The van der Waals surface area contributed by atoms with E-state index in [-0.39, 0.29) is 12.1 Å². The van der Waals surface area contributed by atoms with Crippen LogP contribution in [-0.4, -0.2) is 19.2 Å². The van der Waals surface area contributed by atoms with Gasteiger partial charge in [0.05, 0.1) is 7.11 Å². The van der Waals surface area contributed by atoms with Gasteiger partial charge in [0, 0.05) is 6.04 Å². The van der Waals surface area contributed by atoms with Crippen LogP contribution in [0.4, 0.5) is 4.79 Å². The van der Waals surface area contributed by atoms with Crippen molar-refractivity contribution < 1.29 is 9.63 Å². The van der Waals surface area contributed by atoms with Gasteiger partial charge in [0.1, 0.15) is 0 Å². The number of hydrogen-bond donors (Lipinski definition) is 2. The Labute approximate surface area is 101 Å². The van der Waals surface area contributed by atoms with Crippen LogP contribution in [0.1, 0.15) is 18.4 Å². The Morgan fingerprint density at radius 1 is 1.41 bits per heavy atom. The first-order chi connectivity index (χ1) is 8.29. The maximum atomic E-state index is 11.4. The minimum absolute atomic E-state index is 0.201. The number of urea groups is 1. The molecule has 0 heterocycles. The van der Waals surface area contributed by atoms with E-state index in [1.54, 1.807) is 0 Å². The molecule has 92 valence electrons. The predicted octanol–water partition coefficient (Wildman–Crippen LogP) is 1.87. The second-order valence-electron chi connectivity index (χ2n) is 4.41. The number of carbonyl (C=O) groups is 1. The standard InChI is InChI=1S/C13H18N2O2/c1-17-15-13(16)14-12(11-7-8-11)9-10-5-3-2-4-6-10/h2-6,11-12H,7-9H2,1H3,(H2,14,15,16). The molecule has 0 bridgehead atoms. The monoisotopic (exact) mass is 234 g/mol. The number of hydroxylamine groups is 1. The van der Waals surface area contributed by atoms with E-state index in [4.69, 9.17) is 0 Å². The van der Waals surface area contributed by atoms with Crippen LogP contribution < -0.4 is 10.8 Å². The first kappa shape index (κ1) is 11.9. The zero-order valence-corrected chi connectivity index (χ0v) is 9.98. The maximum Gasteiger partial charge on any atom is 0.338 e. The van der Waals surface area contributed by atoms with E-state index in [9.17, 15) is 4.79 Å². The van der Waals surface area contributed by atoms with Crippen molar-refractivity contribution in [1.82, 2.24) is 10.8 Å². The Balaban J connectivity index is 1.91. The van der Waals surface area contributed by atoms with Crippen molar-refractivity contribution in [3.63, 3.8) is 0 Å².